The van der Waals surface area contributed by atoms with Gasteiger partial charge in [0.1, 0.15) is 6.10 Å². The van der Waals surface area contributed by atoms with Crippen LogP contribution in [-0.2, 0) is 9.53 Å². The number of amides is 1. The third-order valence-corrected chi connectivity index (χ3v) is 4.40. The van der Waals surface area contributed by atoms with E-state index in [0.717, 1.165) is 0 Å². The molecule has 12 nitrogen and oxygen atoms in total. The molecule has 3 heterocycles. The molecular formula is C15H20N8O4. The first-order chi connectivity index (χ1) is 12.9. The van der Waals surface area contributed by atoms with Gasteiger partial charge in [0.25, 0.3) is 5.56 Å². The van der Waals surface area contributed by atoms with Crippen LogP contribution in [0.15, 0.2) is 16.2 Å². The van der Waals surface area contributed by atoms with E-state index in [9.17, 15) is 14.7 Å². The number of aromatic nitrogens is 4. The van der Waals surface area contributed by atoms with E-state index in [0.29, 0.717) is 6.42 Å². The van der Waals surface area contributed by atoms with Crippen LogP contribution >= 0.6 is 0 Å². The van der Waals surface area contributed by atoms with Crippen molar-refractivity contribution in [1.82, 2.24) is 19.5 Å². The van der Waals surface area contributed by atoms with Crippen molar-refractivity contribution < 1.29 is 14.6 Å². The highest BCUT2D eigenvalue weighted by Gasteiger charge is 2.44. The zero-order valence-electron chi connectivity index (χ0n) is 15.0. The van der Waals surface area contributed by atoms with Gasteiger partial charge in [0.2, 0.25) is 11.9 Å². The second kappa shape index (κ2) is 7.35. The minimum absolute atomic E-state index is 0.0286. The first-order valence-electron chi connectivity index (χ1n) is 8.52. The summed E-state index contributed by atoms with van der Waals surface area (Å²) in [6, 6.07) is -0.774. The molecule has 3 rings (SSSR count). The predicted octanol–water partition coefficient (Wildman–Crippen LogP) is 1.06. The number of rotatable bonds is 5. The molecule has 2 aromatic heterocycles. The van der Waals surface area contributed by atoms with Crippen molar-refractivity contribution in [3.8, 4) is 0 Å². The number of anilines is 1. The minimum atomic E-state index is -1.14. The average molecular weight is 376 g/mol. The van der Waals surface area contributed by atoms with E-state index in [1.54, 1.807) is 13.8 Å². The molecule has 4 atom stereocenters. The zero-order chi connectivity index (χ0) is 19.7. The van der Waals surface area contributed by atoms with Gasteiger partial charge in [-0.3, -0.25) is 24.5 Å². The Hall–Kier alpha value is -2.95. The monoisotopic (exact) mass is 376 g/mol. The number of aliphatic hydroxyl groups excluding tert-OH is 1. The molecule has 0 spiro atoms. The third kappa shape index (κ3) is 3.37. The summed E-state index contributed by atoms with van der Waals surface area (Å²) in [6.07, 6.45) is -0.718. The molecule has 12 heteroatoms. The number of imidazole rings is 1. The number of azide groups is 1. The number of aliphatic hydroxyl groups is 1. The van der Waals surface area contributed by atoms with E-state index in [1.165, 1.54) is 10.9 Å². The number of hydrogen-bond donors (Lipinski definition) is 3. The quantitative estimate of drug-likeness (QED) is 0.400. The van der Waals surface area contributed by atoms with Gasteiger partial charge in [-0.25, -0.2) is 4.98 Å². The molecule has 1 aliphatic heterocycles. The fraction of sp³-hybridized carbons (Fsp3) is 0.600. The van der Waals surface area contributed by atoms with Crippen LogP contribution in [0.25, 0.3) is 21.6 Å². The van der Waals surface area contributed by atoms with Crippen molar-refractivity contribution in [3.63, 3.8) is 0 Å². The standard InChI is InChI=1S/C15H20N8O4/c1-4-7-8(21-22-16)10(24)14(27-7)23-5-17-9-11(23)18-15(20-13(9)26)19-12(25)6(2)3/h5-8,10,14,24H,4H2,1-3H3,(H2,18,19,20,25,26)/t7-,8-,10?,14-/m1/s1. The maximum Gasteiger partial charge on any atom is 0.280 e. The summed E-state index contributed by atoms with van der Waals surface area (Å²) in [6.45, 7) is 5.26. The molecule has 144 valence electrons. The van der Waals surface area contributed by atoms with Gasteiger partial charge in [0.15, 0.2) is 17.4 Å². The molecule has 1 amide bonds. The lowest BCUT2D eigenvalue weighted by molar-refractivity contribution is -0.118. The highest BCUT2D eigenvalue weighted by Crippen LogP contribution is 2.34. The smallest absolute Gasteiger partial charge is 0.280 e. The molecule has 2 aromatic rings. The Bertz CT molecular complexity index is 960. The van der Waals surface area contributed by atoms with Gasteiger partial charge in [0.05, 0.1) is 18.5 Å². The number of carbonyl (C=O) groups is 1. The van der Waals surface area contributed by atoms with Gasteiger partial charge in [-0.15, -0.1) is 0 Å². The van der Waals surface area contributed by atoms with Gasteiger partial charge in [0, 0.05) is 10.8 Å². The zero-order valence-corrected chi connectivity index (χ0v) is 15.0. The van der Waals surface area contributed by atoms with Crippen LogP contribution in [0.2, 0.25) is 0 Å². The first kappa shape index (κ1) is 18.8. The maximum atomic E-state index is 12.3. The highest BCUT2D eigenvalue weighted by atomic mass is 16.5. The molecule has 0 saturated carbocycles. The Morgan fingerprint density at radius 3 is 2.96 bits per heavy atom. The number of hydrogen-bond acceptors (Lipinski definition) is 7. The van der Waals surface area contributed by atoms with Crippen molar-refractivity contribution in [2.45, 2.75) is 51.7 Å². The summed E-state index contributed by atoms with van der Waals surface area (Å²) in [5.41, 5.74) is 8.36. The third-order valence-electron chi connectivity index (χ3n) is 4.40. The summed E-state index contributed by atoms with van der Waals surface area (Å²) < 4.78 is 7.21. The number of aromatic amines is 1. The Labute approximate surface area is 153 Å². The van der Waals surface area contributed by atoms with E-state index < -0.39 is 30.0 Å². The van der Waals surface area contributed by atoms with Crippen molar-refractivity contribution in [2.75, 3.05) is 5.32 Å². The molecule has 1 saturated heterocycles. The molecule has 0 bridgehead atoms. The van der Waals surface area contributed by atoms with Crippen LogP contribution in [-0.4, -0.2) is 48.8 Å². The van der Waals surface area contributed by atoms with E-state index >= 15 is 0 Å². The Balaban J connectivity index is 2.02. The summed E-state index contributed by atoms with van der Waals surface area (Å²) in [5, 5.41) is 16.7. The van der Waals surface area contributed by atoms with Crippen LogP contribution in [0.1, 0.15) is 33.4 Å². The van der Waals surface area contributed by atoms with Crippen LogP contribution in [0.4, 0.5) is 5.95 Å². The van der Waals surface area contributed by atoms with E-state index in [1.807, 2.05) is 6.92 Å². The van der Waals surface area contributed by atoms with Crippen molar-refractivity contribution in [3.05, 3.63) is 27.1 Å². The van der Waals surface area contributed by atoms with Crippen molar-refractivity contribution >= 4 is 23.0 Å². The van der Waals surface area contributed by atoms with E-state index in [2.05, 4.69) is 30.3 Å². The fourth-order valence-corrected chi connectivity index (χ4v) is 2.93. The molecular weight excluding hydrogens is 356 g/mol. The molecule has 0 radical (unpaired) electrons. The maximum absolute atomic E-state index is 12.3. The van der Waals surface area contributed by atoms with Gasteiger partial charge < -0.3 is 9.84 Å². The van der Waals surface area contributed by atoms with Crippen LogP contribution in [0.5, 0.6) is 0 Å². The number of nitrogens with zero attached hydrogens (tertiary/aromatic N) is 6. The topological polar surface area (TPSA) is 171 Å². The van der Waals surface area contributed by atoms with Crippen LogP contribution in [0, 0.1) is 5.92 Å². The molecule has 1 fully saturated rings. The SMILES string of the molecule is CC[C@H]1O[C@@H](n2cnc3c(=O)[nH]c(NC(=O)C(C)C)nc32)C(O)[C@@H]1N=[N+]=[N-]. The van der Waals surface area contributed by atoms with E-state index in [-0.39, 0.29) is 28.9 Å². The Morgan fingerprint density at radius 1 is 1.59 bits per heavy atom. The number of fused-ring (bicyclic) bond motifs is 1. The van der Waals surface area contributed by atoms with Crippen LogP contribution in [0.3, 0.4) is 0 Å². The lowest BCUT2D eigenvalue weighted by Crippen LogP contribution is -2.29. The highest BCUT2D eigenvalue weighted by molar-refractivity contribution is 5.91. The largest absolute Gasteiger partial charge is 0.388 e. The minimum Gasteiger partial charge on any atom is -0.388 e. The molecule has 0 aliphatic carbocycles. The molecule has 27 heavy (non-hydrogen) atoms. The summed E-state index contributed by atoms with van der Waals surface area (Å²) >= 11 is 0. The number of ether oxygens (including phenoxy) is 1. The van der Waals surface area contributed by atoms with E-state index in [4.69, 9.17) is 10.3 Å². The summed E-state index contributed by atoms with van der Waals surface area (Å²) in [4.78, 5) is 37.6. The fourth-order valence-electron chi connectivity index (χ4n) is 2.93. The number of nitrogens with one attached hydrogen (secondary N) is 2. The van der Waals surface area contributed by atoms with Gasteiger partial charge in [-0.05, 0) is 12.0 Å². The Kier molecular flexibility index (Phi) is 5.13. The first-order valence-corrected chi connectivity index (χ1v) is 8.52. The second-order valence-corrected chi connectivity index (χ2v) is 6.54. The number of carbonyl (C=O) groups excluding carboxylic acids is 1. The second-order valence-electron chi connectivity index (χ2n) is 6.54. The Morgan fingerprint density at radius 2 is 2.33 bits per heavy atom. The molecule has 1 unspecified atom stereocenters. The van der Waals surface area contributed by atoms with Gasteiger partial charge in [-0.1, -0.05) is 25.9 Å². The predicted molar refractivity (Wildman–Crippen MR) is 94.8 cm³/mol. The van der Waals surface area contributed by atoms with Gasteiger partial charge in [-0.2, -0.15) is 4.98 Å². The van der Waals surface area contributed by atoms with Crippen LogP contribution < -0.4 is 10.9 Å². The molecule has 1 aliphatic rings. The van der Waals surface area contributed by atoms with Crippen molar-refractivity contribution in [2.24, 2.45) is 11.0 Å². The lowest BCUT2D eigenvalue weighted by Gasteiger charge is -2.17. The van der Waals surface area contributed by atoms with Gasteiger partial charge >= 0.3 is 0 Å². The summed E-state index contributed by atoms with van der Waals surface area (Å²) in [7, 11) is 0. The normalized spacial score (nSPS) is 24.9. The number of H-pyrrole nitrogens is 1. The molecule has 0 aromatic carbocycles. The van der Waals surface area contributed by atoms with Crippen molar-refractivity contribution in [1.29, 1.82) is 0 Å². The summed E-state index contributed by atoms with van der Waals surface area (Å²) in [5.74, 6) is -0.639. The average Bonchev–Trinajstić information content (AvgIpc) is 3.17. The molecule has 3 N–H and O–H groups in total. The lowest BCUT2D eigenvalue weighted by atomic mass is 10.1.